The van der Waals surface area contributed by atoms with Gasteiger partial charge in [0.05, 0.1) is 23.0 Å². The third-order valence-electron chi connectivity index (χ3n) is 4.05. The van der Waals surface area contributed by atoms with E-state index in [4.69, 9.17) is 10.00 Å². The first kappa shape index (κ1) is 20.6. The third-order valence-corrected chi connectivity index (χ3v) is 4.05. The van der Waals surface area contributed by atoms with Crippen LogP contribution in [-0.2, 0) is 9.53 Å². The topological polar surface area (TPSA) is 114 Å². The van der Waals surface area contributed by atoms with Gasteiger partial charge in [-0.25, -0.2) is 4.79 Å². The highest BCUT2D eigenvalue weighted by molar-refractivity contribution is 5.97. The summed E-state index contributed by atoms with van der Waals surface area (Å²) in [5, 5.41) is 19.7. The number of hydrogen-bond acceptors (Lipinski definition) is 6. The molecular weight excluding hydrogens is 362 g/mol. The molecule has 1 amide bonds. The summed E-state index contributed by atoms with van der Waals surface area (Å²) in [5.74, 6) is -1.22. The van der Waals surface area contributed by atoms with Gasteiger partial charge in [0.1, 0.15) is 0 Å². The van der Waals surface area contributed by atoms with Crippen LogP contribution < -0.4 is 4.90 Å². The number of nitrogens with zero attached hydrogens (tertiary/aromatic N) is 3. The maximum absolute atomic E-state index is 12.5. The molecule has 0 saturated heterocycles. The molecule has 0 aliphatic carbocycles. The number of anilines is 1. The van der Waals surface area contributed by atoms with E-state index in [0.29, 0.717) is 11.3 Å². The van der Waals surface area contributed by atoms with Gasteiger partial charge >= 0.3 is 5.97 Å². The molecule has 0 aliphatic heterocycles. The summed E-state index contributed by atoms with van der Waals surface area (Å²) in [6, 6.07) is 13.0. The summed E-state index contributed by atoms with van der Waals surface area (Å²) in [5.41, 5.74) is 1.97. The normalized spacial score (nSPS) is 10.0. The number of benzene rings is 2. The lowest BCUT2D eigenvalue weighted by atomic mass is 10.1. The predicted octanol–water partition coefficient (Wildman–Crippen LogP) is 3.32. The second-order valence-electron chi connectivity index (χ2n) is 6.12. The molecule has 2 aromatic rings. The lowest BCUT2D eigenvalue weighted by Crippen LogP contribution is -2.35. The van der Waals surface area contributed by atoms with Crippen molar-refractivity contribution in [3.8, 4) is 6.07 Å². The standard InChI is InChI=1S/C20H19N3O5/c1-14-4-7-17(8-5-14)22(11-3-10-21)19(24)13-28-20(25)16-6-9-18(23(26)27)15(2)12-16/h4-9,12H,3,11,13H2,1-2H3. The number of nitro groups is 1. The van der Waals surface area contributed by atoms with E-state index >= 15 is 0 Å². The molecule has 0 heterocycles. The highest BCUT2D eigenvalue weighted by atomic mass is 16.6. The maximum atomic E-state index is 12.5. The number of hydrogen-bond donors (Lipinski definition) is 0. The van der Waals surface area contributed by atoms with E-state index < -0.39 is 23.4 Å². The first-order chi connectivity index (χ1) is 13.3. The van der Waals surface area contributed by atoms with Gasteiger partial charge in [-0.2, -0.15) is 5.26 Å². The van der Waals surface area contributed by atoms with Crippen LogP contribution in [0.25, 0.3) is 0 Å². The van der Waals surface area contributed by atoms with Gasteiger partial charge in [0.2, 0.25) is 0 Å². The minimum Gasteiger partial charge on any atom is -0.452 e. The van der Waals surface area contributed by atoms with Crippen LogP contribution in [0.15, 0.2) is 42.5 Å². The van der Waals surface area contributed by atoms with Crippen molar-refractivity contribution in [2.45, 2.75) is 20.3 Å². The number of esters is 1. The van der Waals surface area contributed by atoms with E-state index in [1.807, 2.05) is 25.1 Å². The molecule has 2 rings (SSSR count). The van der Waals surface area contributed by atoms with E-state index in [1.165, 1.54) is 30.0 Å². The maximum Gasteiger partial charge on any atom is 0.338 e. The Morgan fingerprint density at radius 1 is 1.18 bits per heavy atom. The SMILES string of the molecule is Cc1ccc(N(CCC#N)C(=O)COC(=O)c2ccc([N+](=O)[O-])c(C)c2)cc1. The first-order valence-electron chi connectivity index (χ1n) is 8.49. The van der Waals surface area contributed by atoms with Crippen LogP contribution in [0.2, 0.25) is 0 Å². The van der Waals surface area contributed by atoms with Gasteiger partial charge in [-0.15, -0.1) is 0 Å². The zero-order chi connectivity index (χ0) is 20.7. The Hall–Kier alpha value is -3.73. The van der Waals surface area contributed by atoms with Crippen LogP contribution in [0.5, 0.6) is 0 Å². The quantitative estimate of drug-likeness (QED) is 0.413. The first-order valence-corrected chi connectivity index (χ1v) is 8.49. The molecule has 0 aliphatic rings. The van der Waals surface area contributed by atoms with Crippen molar-refractivity contribution in [3.05, 3.63) is 69.3 Å². The fourth-order valence-electron chi connectivity index (χ4n) is 2.56. The zero-order valence-electron chi connectivity index (χ0n) is 15.5. The lowest BCUT2D eigenvalue weighted by molar-refractivity contribution is -0.385. The number of nitro benzene ring substituents is 1. The van der Waals surface area contributed by atoms with Gasteiger partial charge in [0.15, 0.2) is 6.61 Å². The Balaban J connectivity index is 2.08. The molecule has 0 radical (unpaired) electrons. The van der Waals surface area contributed by atoms with E-state index in [2.05, 4.69) is 0 Å². The molecule has 8 nitrogen and oxygen atoms in total. The second kappa shape index (κ2) is 9.28. The minimum absolute atomic E-state index is 0.102. The summed E-state index contributed by atoms with van der Waals surface area (Å²) in [4.78, 5) is 36.4. The molecule has 0 bridgehead atoms. The molecule has 0 fully saturated rings. The summed E-state index contributed by atoms with van der Waals surface area (Å²) < 4.78 is 5.07. The summed E-state index contributed by atoms with van der Waals surface area (Å²) in [6.45, 7) is 3.10. The number of aryl methyl sites for hydroxylation is 2. The van der Waals surface area contributed by atoms with Crippen molar-refractivity contribution >= 4 is 23.3 Å². The van der Waals surface area contributed by atoms with Crippen LogP contribution in [0.3, 0.4) is 0 Å². The molecule has 0 unspecified atom stereocenters. The average molecular weight is 381 g/mol. The molecule has 0 atom stereocenters. The number of carbonyl (C=O) groups is 2. The van der Waals surface area contributed by atoms with Crippen molar-refractivity contribution in [1.29, 1.82) is 5.26 Å². The molecule has 0 spiro atoms. The van der Waals surface area contributed by atoms with E-state index in [0.717, 1.165) is 5.56 Å². The van der Waals surface area contributed by atoms with Crippen molar-refractivity contribution in [3.63, 3.8) is 0 Å². The highest BCUT2D eigenvalue weighted by Gasteiger charge is 2.19. The lowest BCUT2D eigenvalue weighted by Gasteiger charge is -2.21. The number of nitriles is 1. The Morgan fingerprint density at radius 2 is 1.86 bits per heavy atom. The fourth-order valence-corrected chi connectivity index (χ4v) is 2.56. The van der Waals surface area contributed by atoms with E-state index in [-0.39, 0.29) is 24.2 Å². The number of ether oxygens (including phenoxy) is 1. The molecule has 2 aromatic carbocycles. The van der Waals surface area contributed by atoms with Gasteiger partial charge in [-0.1, -0.05) is 17.7 Å². The van der Waals surface area contributed by atoms with Crippen molar-refractivity contribution in [2.75, 3.05) is 18.1 Å². The number of amides is 1. The van der Waals surface area contributed by atoms with Crippen molar-refractivity contribution in [2.24, 2.45) is 0 Å². The molecule has 0 N–H and O–H groups in total. The molecular formula is C20H19N3O5. The Bertz CT molecular complexity index is 932. The monoisotopic (exact) mass is 381 g/mol. The van der Waals surface area contributed by atoms with Crippen LogP contribution in [0.1, 0.15) is 27.9 Å². The Morgan fingerprint density at radius 3 is 2.43 bits per heavy atom. The zero-order valence-corrected chi connectivity index (χ0v) is 15.5. The Kier molecular flexibility index (Phi) is 6.82. The largest absolute Gasteiger partial charge is 0.452 e. The van der Waals surface area contributed by atoms with E-state index in [9.17, 15) is 19.7 Å². The van der Waals surface area contributed by atoms with E-state index in [1.54, 1.807) is 12.1 Å². The minimum atomic E-state index is -0.754. The van der Waals surface area contributed by atoms with Gasteiger partial charge in [-0.3, -0.25) is 14.9 Å². The third kappa shape index (κ3) is 5.14. The van der Waals surface area contributed by atoms with Gasteiger partial charge in [0.25, 0.3) is 11.6 Å². The molecule has 144 valence electrons. The molecule has 8 heteroatoms. The average Bonchev–Trinajstić information content (AvgIpc) is 2.67. The second-order valence-corrected chi connectivity index (χ2v) is 6.12. The van der Waals surface area contributed by atoms with Crippen LogP contribution in [0, 0.1) is 35.3 Å². The van der Waals surface area contributed by atoms with Crippen LogP contribution >= 0.6 is 0 Å². The van der Waals surface area contributed by atoms with Crippen molar-refractivity contribution < 1.29 is 19.2 Å². The van der Waals surface area contributed by atoms with Crippen LogP contribution in [-0.4, -0.2) is 30.0 Å². The Labute approximate surface area is 162 Å². The summed E-state index contributed by atoms with van der Waals surface area (Å²) in [7, 11) is 0. The highest BCUT2D eigenvalue weighted by Crippen LogP contribution is 2.20. The molecule has 0 aromatic heterocycles. The number of carbonyl (C=O) groups excluding carboxylic acids is 2. The van der Waals surface area contributed by atoms with Crippen molar-refractivity contribution in [1.82, 2.24) is 0 Å². The summed E-state index contributed by atoms with van der Waals surface area (Å²) in [6.07, 6.45) is 0.134. The fraction of sp³-hybridized carbons (Fsp3) is 0.250. The number of rotatable bonds is 7. The predicted molar refractivity (Wildman–Crippen MR) is 102 cm³/mol. The van der Waals surface area contributed by atoms with Gasteiger partial charge in [0, 0.05) is 23.9 Å². The van der Waals surface area contributed by atoms with Gasteiger partial charge in [-0.05, 0) is 38.1 Å². The molecule has 28 heavy (non-hydrogen) atoms. The molecule has 0 saturated carbocycles. The van der Waals surface area contributed by atoms with Crippen LogP contribution in [0.4, 0.5) is 11.4 Å². The van der Waals surface area contributed by atoms with Gasteiger partial charge < -0.3 is 9.64 Å². The smallest absolute Gasteiger partial charge is 0.338 e. The summed E-state index contributed by atoms with van der Waals surface area (Å²) >= 11 is 0.